The van der Waals surface area contributed by atoms with Crippen LogP contribution in [-0.4, -0.2) is 24.1 Å². The van der Waals surface area contributed by atoms with Crippen LogP contribution in [0.4, 0.5) is 0 Å². The monoisotopic (exact) mass is 316 g/mol. The third kappa shape index (κ3) is 4.42. The van der Waals surface area contributed by atoms with Crippen molar-refractivity contribution in [3.8, 4) is 0 Å². The first-order chi connectivity index (χ1) is 11.0. The lowest BCUT2D eigenvalue weighted by Crippen LogP contribution is -2.31. The number of nitrogens with zero attached hydrogens (tertiary/aromatic N) is 1. The average molecular weight is 316 g/mol. The van der Waals surface area contributed by atoms with Crippen molar-refractivity contribution >= 4 is 11.9 Å². The first-order valence-electron chi connectivity index (χ1n) is 7.34. The summed E-state index contributed by atoms with van der Waals surface area (Å²) in [7, 11) is 1.33. The first-order valence-corrected chi connectivity index (χ1v) is 7.34. The summed E-state index contributed by atoms with van der Waals surface area (Å²) in [5, 5.41) is 6.72. The molecule has 0 aliphatic rings. The Bertz CT molecular complexity index is 660. The minimum Gasteiger partial charge on any atom is -0.469 e. The number of hydrogen-bond acceptors (Lipinski definition) is 5. The van der Waals surface area contributed by atoms with Crippen LogP contribution in [0.2, 0.25) is 0 Å². The third-order valence-corrected chi connectivity index (χ3v) is 3.65. The number of amides is 1. The van der Waals surface area contributed by atoms with Gasteiger partial charge in [0.15, 0.2) is 0 Å². The van der Waals surface area contributed by atoms with E-state index in [1.807, 2.05) is 30.3 Å². The van der Waals surface area contributed by atoms with E-state index in [1.165, 1.54) is 7.11 Å². The van der Waals surface area contributed by atoms with Crippen LogP contribution < -0.4 is 5.32 Å². The van der Waals surface area contributed by atoms with E-state index in [0.29, 0.717) is 11.5 Å². The van der Waals surface area contributed by atoms with Crippen LogP contribution in [0.15, 0.2) is 34.9 Å². The molecule has 0 saturated heterocycles. The van der Waals surface area contributed by atoms with Crippen molar-refractivity contribution < 1.29 is 18.8 Å². The van der Waals surface area contributed by atoms with Crippen LogP contribution >= 0.6 is 0 Å². The highest BCUT2D eigenvalue weighted by Crippen LogP contribution is 2.18. The molecule has 0 saturated carbocycles. The number of esters is 1. The number of hydrogen-bond donors (Lipinski definition) is 1. The largest absolute Gasteiger partial charge is 0.469 e. The normalized spacial score (nSPS) is 11.8. The number of rotatable bonds is 6. The van der Waals surface area contributed by atoms with Crippen molar-refractivity contribution in [2.45, 2.75) is 32.7 Å². The third-order valence-electron chi connectivity index (χ3n) is 3.65. The summed E-state index contributed by atoms with van der Waals surface area (Å²) in [4.78, 5) is 23.9. The maximum absolute atomic E-state index is 12.3. The molecule has 2 aromatic rings. The minimum absolute atomic E-state index is 0.0772. The van der Waals surface area contributed by atoms with Gasteiger partial charge in [0.2, 0.25) is 5.91 Å². The summed E-state index contributed by atoms with van der Waals surface area (Å²) in [6, 6.07) is 8.90. The smallest absolute Gasteiger partial charge is 0.307 e. The molecule has 1 heterocycles. The van der Waals surface area contributed by atoms with E-state index in [-0.39, 0.29) is 24.7 Å². The van der Waals surface area contributed by atoms with Gasteiger partial charge in [0.05, 0.1) is 31.7 Å². The van der Waals surface area contributed by atoms with E-state index < -0.39 is 6.04 Å². The lowest BCUT2D eigenvalue weighted by Gasteiger charge is -2.18. The van der Waals surface area contributed by atoms with Crippen LogP contribution in [0.3, 0.4) is 0 Å². The maximum atomic E-state index is 12.3. The number of ether oxygens (including phenoxy) is 1. The Morgan fingerprint density at radius 3 is 2.52 bits per heavy atom. The molecule has 1 N–H and O–H groups in total. The Kier molecular flexibility index (Phi) is 5.51. The summed E-state index contributed by atoms with van der Waals surface area (Å²) in [6.45, 7) is 3.56. The van der Waals surface area contributed by atoms with Crippen molar-refractivity contribution in [1.82, 2.24) is 10.5 Å². The lowest BCUT2D eigenvalue weighted by atomic mass is 10.0. The lowest BCUT2D eigenvalue weighted by molar-refractivity contribution is -0.141. The number of nitrogens with one attached hydrogen (secondary N) is 1. The fourth-order valence-corrected chi connectivity index (χ4v) is 2.35. The summed E-state index contributed by atoms with van der Waals surface area (Å²) in [6.07, 6.45) is 0.236. The summed E-state index contributed by atoms with van der Waals surface area (Å²) in [5.74, 6) is 0.0514. The van der Waals surface area contributed by atoms with Gasteiger partial charge in [0.25, 0.3) is 0 Å². The summed E-state index contributed by atoms with van der Waals surface area (Å²) < 4.78 is 9.78. The van der Waals surface area contributed by atoms with Gasteiger partial charge in [0.1, 0.15) is 5.76 Å². The predicted molar refractivity (Wildman–Crippen MR) is 83.6 cm³/mol. The Hall–Kier alpha value is -2.63. The van der Waals surface area contributed by atoms with E-state index in [4.69, 9.17) is 9.26 Å². The molecule has 1 atom stereocenters. The molecular weight excluding hydrogens is 296 g/mol. The van der Waals surface area contributed by atoms with E-state index in [1.54, 1.807) is 13.8 Å². The molecule has 6 nitrogen and oxygen atoms in total. The second-order valence-corrected chi connectivity index (χ2v) is 5.29. The highest BCUT2D eigenvalue weighted by molar-refractivity contribution is 5.80. The molecule has 1 aromatic carbocycles. The van der Waals surface area contributed by atoms with Crippen LogP contribution in [0, 0.1) is 13.8 Å². The van der Waals surface area contributed by atoms with Gasteiger partial charge in [-0.1, -0.05) is 35.5 Å². The first kappa shape index (κ1) is 16.7. The molecule has 6 heteroatoms. The van der Waals surface area contributed by atoms with Crippen LogP contribution in [0.1, 0.15) is 35.0 Å². The Labute approximate surface area is 134 Å². The zero-order valence-corrected chi connectivity index (χ0v) is 13.5. The van der Waals surface area contributed by atoms with Gasteiger partial charge in [-0.15, -0.1) is 0 Å². The number of benzene rings is 1. The molecular formula is C17H20N2O4. The molecule has 0 aliphatic carbocycles. The zero-order chi connectivity index (χ0) is 16.8. The van der Waals surface area contributed by atoms with Gasteiger partial charge in [-0.05, 0) is 19.4 Å². The van der Waals surface area contributed by atoms with Crippen molar-refractivity contribution in [2.75, 3.05) is 7.11 Å². The highest BCUT2D eigenvalue weighted by atomic mass is 16.5. The number of methoxy groups -OCH3 is 1. The van der Waals surface area contributed by atoms with Gasteiger partial charge in [-0.25, -0.2) is 0 Å². The van der Waals surface area contributed by atoms with Crippen molar-refractivity contribution in [1.29, 1.82) is 0 Å². The molecule has 0 aliphatic heterocycles. The fraction of sp³-hybridized carbons (Fsp3) is 0.353. The van der Waals surface area contributed by atoms with E-state index in [9.17, 15) is 9.59 Å². The number of aryl methyl sites for hydroxylation is 2. The summed E-state index contributed by atoms with van der Waals surface area (Å²) in [5.41, 5.74) is 2.32. The van der Waals surface area contributed by atoms with E-state index in [0.717, 1.165) is 11.1 Å². The number of carbonyl (C=O) groups is 2. The molecule has 2 rings (SSSR count). The maximum Gasteiger partial charge on any atom is 0.307 e. The van der Waals surface area contributed by atoms with E-state index >= 15 is 0 Å². The molecule has 23 heavy (non-hydrogen) atoms. The van der Waals surface area contributed by atoms with Gasteiger partial charge >= 0.3 is 5.97 Å². The molecule has 0 radical (unpaired) electrons. The topological polar surface area (TPSA) is 81.4 Å². The van der Waals surface area contributed by atoms with Crippen molar-refractivity contribution in [2.24, 2.45) is 0 Å². The van der Waals surface area contributed by atoms with Crippen molar-refractivity contribution in [3.63, 3.8) is 0 Å². The second kappa shape index (κ2) is 7.58. The molecule has 1 amide bonds. The number of carbonyl (C=O) groups excluding carboxylic acids is 2. The Morgan fingerprint density at radius 2 is 1.96 bits per heavy atom. The quantitative estimate of drug-likeness (QED) is 0.827. The van der Waals surface area contributed by atoms with Crippen molar-refractivity contribution in [3.05, 3.63) is 52.9 Å². The molecule has 0 fully saturated rings. The molecule has 122 valence electrons. The van der Waals surface area contributed by atoms with Crippen LogP contribution in [0.25, 0.3) is 0 Å². The van der Waals surface area contributed by atoms with Gasteiger partial charge in [-0.2, -0.15) is 0 Å². The van der Waals surface area contributed by atoms with Gasteiger partial charge < -0.3 is 14.6 Å². The SMILES string of the molecule is COC(=O)CC(NC(=O)Cc1c(C)noc1C)c1ccccc1. The van der Waals surface area contributed by atoms with Crippen LogP contribution in [-0.2, 0) is 20.7 Å². The number of aromatic nitrogens is 1. The highest BCUT2D eigenvalue weighted by Gasteiger charge is 2.20. The van der Waals surface area contributed by atoms with Gasteiger partial charge in [-0.3, -0.25) is 9.59 Å². The zero-order valence-electron chi connectivity index (χ0n) is 13.5. The minimum atomic E-state index is -0.434. The predicted octanol–water partition coefficient (Wildman–Crippen LogP) is 2.25. The molecule has 1 aromatic heterocycles. The molecule has 0 bridgehead atoms. The second-order valence-electron chi connectivity index (χ2n) is 5.29. The van der Waals surface area contributed by atoms with Crippen LogP contribution in [0.5, 0.6) is 0 Å². The molecule has 1 unspecified atom stereocenters. The Morgan fingerprint density at radius 1 is 1.26 bits per heavy atom. The van der Waals surface area contributed by atoms with Gasteiger partial charge in [0, 0.05) is 5.56 Å². The standard InChI is InChI=1S/C17H20N2O4/c1-11-14(12(2)23-19-11)9-16(20)18-15(10-17(21)22-3)13-7-5-4-6-8-13/h4-8,15H,9-10H2,1-3H3,(H,18,20). The molecule has 0 spiro atoms. The fourth-order valence-electron chi connectivity index (χ4n) is 2.35. The average Bonchev–Trinajstić information content (AvgIpc) is 2.86. The summed E-state index contributed by atoms with van der Waals surface area (Å²) >= 11 is 0. The Balaban J connectivity index is 2.11. The van der Waals surface area contributed by atoms with E-state index in [2.05, 4.69) is 10.5 Å².